The predicted octanol–water partition coefficient (Wildman–Crippen LogP) is -0.101. The minimum atomic E-state index is 0.389. The molecule has 0 aliphatic rings. The molecule has 0 bridgehead atoms. The maximum Gasteiger partial charge on any atom is 0.109 e. The first-order valence-corrected chi connectivity index (χ1v) is 4.63. The number of nitrogens with zero attached hydrogens (tertiary/aromatic N) is 2. The Labute approximate surface area is 79.1 Å². The molecule has 1 atom stereocenters. The quantitative estimate of drug-likeness (QED) is 0.668. The summed E-state index contributed by atoms with van der Waals surface area (Å²) in [6.07, 6.45) is 4.73. The number of nitrogens with two attached hydrogens (primary N) is 1. The SMILES string of the molecule is CC(CN)NCCc1nccn1C. The lowest BCUT2D eigenvalue weighted by molar-refractivity contribution is 0.549. The molecule has 13 heavy (non-hydrogen) atoms. The molecule has 0 aliphatic carbocycles. The van der Waals surface area contributed by atoms with Gasteiger partial charge in [-0.3, -0.25) is 0 Å². The Hall–Kier alpha value is -0.870. The van der Waals surface area contributed by atoms with Crippen LogP contribution in [0.25, 0.3) is 0 Å². The van der Waals surface area contributed by atoms with Crippen molar-refractivity contribution in [1.29, 1.82) is 0 Å². The summed E-state index contributed by atoms with van der Waals surface area (Å²) in [5, 5.41) is 3.32. The van der Waals surface area contributed by atoms with Gasteiger partial charge in [0.15, 0.2) is 0 Å². The molecular weight excluding hydrogens is 164 g/mol. The van der Waals surface area contributed by atoms with Crippen LogP contribution in [0.5, 0.6) is 0 Å². The summed E-state index contributed by atoms with van der Waals surface area (Å²) >= 11 is 0. The van der Waals surface area contributed by atoms with E-state index in [1.807, 2.05) is 24.0 Å². The minimum absolute atomic E-state index is 0.389. The summed E-state index contributed by atoms with van der Waals surface area (Å²) in [6, 6.07) is 0.389. The van der Waals surface area contributed by atoms with Gasteiger partial charge in [-0.25, -0.2) is 4.98 Å². The van der Waals surface area contributed by atoms with Crippen molar-refractivity contribution < 1.29 is 0 Å². The molecule has 1 unspecified atom stereocenters. The number of rotatable bonds is 5. The second-order valence-electron chi connectivity index (χ2n) is 3.30. The monoisotopic (exact) mass is 182 g/mol. The van der Waals surface area contributed by atoms with Crippen LogP contribution in [0.15, 0.2) is 12.4 Å². The molecule has 1 aromatic heterocycles. The van der Waals surface area contributed by atoms with Gasteiger partial charge in [0.1, 0.15) is 5.82 Å². The zero-order chi connectivity index (χ0) is 9.68. The Bertz CT molecular complexity index is 244. The molecule has 0 aliphatic heterocycles. The summed E-state index contributed by atoms with van der Waals surface area (Å²) in [4.78, 5) is 4.23. The Morgan fingerprint density at radius 3 is 3.00 bits per heavy atom. The molecule has 0 spiro atoms. The van der Waals surface area contributed by atoms with E-state index >= 15 is 0 Å². The van der Waals surface area contributed by atoms with E-state index in [4.69, 9.17) is 5.73 Å². The molecule has 1 heterocycles. The van der Waals surface area contributed by atoms with E-state index in [9.17, 15) is 0 Å². The molecular formula is C9H18N4. The van der Waals surface area contributed by atoms with Gasteiger partial charge in [0.2, 0.25) is 0 Å². The molecule has 0 amide bonds. The topological polar surface area (TPSA) is 55.9 Å². The van der Waals surface area contributed by atoms with Crippen molar-refractivity contribution in [2.45, 2.75) is 19.4 Å². The Morgan fingerprint density at radius 2 is 2.46 bits per heavy atom. The number of aryl methyl sites for hydroxylation is 1. The Kier molecular flexibility index (Phi) is 3.92. The van der Waals surface area contributed by atoms with Crippen LogP contribution in [0.2, 0.25) is 0 Å². The summed E-state index contributed by atoms with van der Waals surface area (Å²) in [7, 11) is 2.01. The van der Waals surface area contributed by atoms with Crippen LogP contribution in [0.1, 0.15) is 12.7 Å². The van der Waals surface area contributed by atoms with E-state index in [0.717, 1.165) is 18.8 Å². The highest BCUT2D eigenvalue weighted by molar-refractivity contribution is 4.91. The molecule has 1 aromatic rings. The fraction of sp³-hybridized carbons (Fsp3) is 0.667. The van der Waals surface area contributed by atoms with Gasteiger partial charge < -0.3 is 15.6 Å². The maximum atomic E-state index is 5.48. The Morgan fingerprint density at radius 1 is 1.69 bits per heavy atom. The van der Waals surface area contributed by atoms with Crippen molar-refractivity contribution in [3.05, 3.63) is 18.2 Å². The first-order chi connectivity index (χ1) is 6.24. The molecule has 0 aromatic carbocycles. The van der Waals surface area contributed by atoms with E-state index in [2.05, 4.69) is 17.2 Å². The fourth-order valence-electron chi connectivity index (χ4n) is 1.15. The van der Waals surface area contributed by atoms with Gasteiger partial charge in [-0.15, -0.1) is 0 Å². The standard InChI is InChI=1S/C9H18N4/c1-8(7-10)11-4-3-9-12-5-6-13(9)2/h5-6,8,11H,3-4,7,10H2,1-2H3. The first kappa shape index (κ1) is 10.2. The van der Waals surface area contributed by atoms with Crippen LogP contribution < -0.4 is 11.1 Å². The van der Waals surface area contributed by atoms with Crippen LogP contribution in [0, 0.1) is 0 Å². The fourth-order valence-corrected chi connectivity index (χ4v) is 1.15. The normalized spacial score (nSPS) is 13.2. The molecule has 74 valence electrons. The zero-order valence-electron chi connectivity index (χ0n) is 8.33. The molecule has 0 saturated heterocycles. The van der Waals surface area contributed by atoms with Gasteiger partial charge in [-0.2, -0.15) is 0 Å². The first-order valence-electron chi connectivity index (χ1n) is 4.63. The van der Waals surface area contributed by atoms with Crippen LogP contribution >= 0.6 is 0 Å². The highest BCUT2D eigenvalue weighted by atomic mass is 15.0. The predicted molar refractivity (Wildman–Crippen MR) is 53.4 cm³/mol. The van der Waals surface area contributed by atoms with Crippen molar-refractivity contribution >= 4 is 0 Å². The highest BCUT2D eigenvalue weighted by Gasteiger charge is 2.00. The van der Waals surface area contributed by atoms with Crippen LogP contribution in [-0.2, 0) is 13.5 Å². The lowest BCUT2D eigenvalue weighted by Gasteiger charge is -2.10. The van der Waals surface area contributed by atoms with E-state index in [0.29, 0.717) is 12.6 Å². The number of nitrogens with one attached hydrogen (secondary N) is 1. The number of hydrogen-bond donors (Lipinski definition) is 2. The lowest BCUT2D eigenvalue weighted by Crippen LogP contribution is -2.34. The molecule has 0 saturated carbocycles. The third-order valence-corrected chi connectivity index (χ3v) is 2.12. The van der Waals surface area contributed by atoms with Gasteiger partial charge in [0.25, 0.3) is 0 Å². The average molecular weight is 182 g/mol. The van der Waals surface area contributed by atoms with Crippen LogP contribution in [0.3, 0.4) is 0 Å². The lowest BCUT2D eigenvalue weighted by atomic mass is 10.3. The number of aromatic nitrogens is 2. The van der Waals surface area contributed by atoms with Gasteiger partial charge >= 0.3 is 0 Å². The third-order valence-electron chi connectivity index (χ3n) is 2.12. The molecule has 3 N–H and O–H groups in total. The van der Waals surface area contributed by atoms with E-state index in [1.54, 1.807) is 0 Å². The summed E-state index contributed by atoms with van der Waals surface area (Å²) in [5.74, 6) is 1.11. The van der Waals surface area contributed by atoms with Crippen molar-refractivity contribution in [2.75, 3.05) is 13.1 Å². The summed E-state index contributed by atoms with van der Waals surface area (Å²) in [6.45, 7) is 3.70. The average Bonchev–Trinajstić information content (AvgIpc) is 2.52. The van der Waals surface area contributed by atoms with Crippen molar-refractivity contribution in [3.8, 4) is 0 Å². The van der Waals surface area contributed by atoms with Gasteiger partial charge in [0.05, 0.1) is 0 Å². The van der Waals surface area contributed by atoms with E-state index in [-0.39, 0.29) is 0 Å². The number of hydrogen-bond acceptors (Lipinski definition) is 3. The van der Waals surface area contributed by atoms with Gasteiger partial charge in [-0.1, -0.05) is 0 Å². The van der Waals surface area contributed by atoms with Crippen LogP contribution in [0.4, 0.5) is 0 Å². The second-order valence-corrected chi connectivity index (χ2v) is 3.30. The number of imidazole rings is 1. The van der Waals surface area contributed by atoms with E-state index < -0.39 is 0 Å². The molecule has 4 nitrogen and oxygen atoms in total. The molecule has 4 heteroatoms. The maximum absolute atomic E-state index is 5.48. The largest absolute Gasteiger partial charge is 0.338 e. The Balaban J connectivity index is 2.24. The van der Waals surface area contributed by atoms with Gasteiger partial charge in [-0.05, 0) is 6.92 Å². The summed E-state index contributed by atoms with van der Waals surface area (Å²) in [5.41, 5.74) is 5.48. The third kappa shape index (κ3) is 3.16. The summed E-state index contributed by atoms with van der Waals surface area (Å²) < 4.78 is 2.04. The van der Waals surface area contributed by atoms with Gasteiger partial charge in [0, 0.05) is 45.0 Å². The molecule has 1 rings (SSSR count). The molecule has 0 fully saturated rings. The van der Waals surface area contributed by atoms with Crippen LogP contribution in [-0.4, -0.2) is 28.7 Å². The zero-order valence-corrected chi connectivity index (χ0v) is 8.33. The van der Waals surface area contributed by atoms with Crippen molar-refractivity contribution in [1.82, 2.24) is 14.9 Å². The molecule has 0 radical (unpaired) electrons. The van der Waals surface area contributed by atoms with Crippen molar-refractivity contribution in [3.63, 3.8) is 0 Å². The highest BCUT2D eigenvalue weighted by Crippen LogP contribution is 1.94. The van der Waals surface area contributed by atoms with Crippen molar-refractivity contribution in [2.24, 2.45) is 12.8 Å². The van der Waals surface area contributed by atoms with E-state index in [1.165, 1.54) is 0 Å². The smallest absolute Gasteiger partial charge is 0.109 e. The second kappa shape index (κ2) is 4.99. The minimum Gasteiger partial charge on any atom is -0.338 e.